The Hall–Kier alpha value is -5.11. The van der Waals surface area contributed by atoms with E-state index in [1.807, 2.05) is 109 Å². The van der Waals surface area contributed by atoms with Gasteiger partial charge in [-0.05, 0) is 52.6 Å². The molecule has 0 amide bonds. The molecule has 1 aromatic heterocycles. The van der Waals surface area contributed by atoms with Gasteiger partial charge in [0.15, 0.2) is 17.5 Å². The molecular weight excluding hydrogens is 500 g/mol. The number of rotatable bonds is 5. The van der Waals surface area contributed by atoms with Gasteiger partial charge in [0, 0.05) is 21.7 Å². The fourth-order valence-corrected chi connectivity index (χ4v) is 4.63. The molecule has 184 valence electrons. The maximum Gasteiger partial charge on any atom is 0.164 e. The van der Waals surface area contributed by atoms with E-state index in [2.05, 4.69) is 18.2 Å². The molecule has 1 heterocycles. The van der Waals surface area contributed by atoms with Crippen molar-refractivity contribution in [2.75, 3.05) is 0 Å². The van der Waals surface area contributed by atoms with E-state index in [9.17, 15) is 5.26 Å². The van der Waals surface area contributed by atoms with E-state index in [0.29, 0.717) is 28.1 Å². The van der Waals surface area contributed by atoms with Gasteiger partial charge < -0.3 is 0 Å². The van der Waals surface area contributed by atoms with Gasteiger partial charge in [0.05, 0.1) is 11.6 Å². The molecule has 0 unspecified atom stereocenters. The Labute approximate surface area is 231 Å². The van der Waals surface area contributed by atoms with Gasteiger partial charge in [-0.1, -0.05) is 109 Å². The summed E-state index contributed by atoms with van der Waals surface area (Å²) in [4.78, 5) is 14.6. The molecular formula is C34H21ClN4. The molecule has 0 bridgehead atoms. The number of hydrogen-bond acceptors (Lipinski definition) is 4. The summed E-state index contributed by atoms with van der Waals surface area (Å²) >= 11 is 6.25. The van der Waals surface area contributed by atoms with Crippen LogP contribution < -0.4 is 0 Å². The molecule has 0 radical (unpaired) electrons. The predicted octanol–water partition coefficient (Wildman–Crippen LogP) is 8.73. The van der Waals surface area contributed by atoms with Gasteiger partial charge in [-0.3, -0.25) is 0 Å². The van der Waals surface area contributed by atoms with Crippen molar-refractivity contribution in [3.05, 3.63) is 138 Å². The first-order valence-electron chi connectivity index (χ1n) is 12.5. The highest BCUT2D eigenvalue weighted by Gasteiger charge is 2.13. The zero-order valence-electron chi connectivity index (χ0n) is 20.8. The zero-order chi connectivity index (χ0) is 26.6. The summed E-state index contributed by atoms with van der Waals surface area (Å²) in [6.45, 7) is 0. The first-order valence-corrected chi connectivity index (χ1v) is 12.8. The molecule has 0 spiro atoms. The van der Waals surface area contributed by atoms with Crippen LogP contribution in [0.4, 0.5) is 0 Å². The van der Waals surface area contributed by atoms with Crippen molar-refractivity contribution in [1.29, 1.82) is 5.26 Å². The van der Waals surface area contributed by atoms with Crippen molar-refractivity contribution in [2.24, 2.45) is 0 Å². The van der Waals surface area contributed by atoms with Gasteiger partial charge >= 0.3 is 0 Å². The molecule has 0 saturated heterocycles. The minimum absolute atomic E-state index is 0.587. The van der Waals surface area contributed by atoms with Crippen molar-refractivity contribution in [3.8, 4) is 62.5 Å². The molecule has 4 nitrogen and oxygen atoms in total. The molecule has 0 saturated carbocycles. The summed E-state index contributed by atoms with van der Waals surface area (Å²) in [6, 6.07) is 43.7. The van der Waals surface area contributed by atoms with Crippen LogP contribution in [-0.4, -0.2) is 15.0 Å². The summed E-state index contributed by atoms with van der Waals surface area (Å²) in [7, 11) is 0. The van der Waals surface area contributed by atoms with E-state index in [-0.39, 0.29) is 0 Å². The average molecular weight is 521 g/mol. The highest BCUT2D eigenvalue weighted by Crippen LogP contribution is 2.30. The molecule has 5 aromatic carbocycles. The maximum absolute atomic E-state index is 9.26. The topological polar surface area (TPSA) is 62.5 Å². The van der Waals surface area contributed by atoms with Crippen molar-refractivity contribution in [1.82, 2.24) is 15.0 Å². The number of benzene rings is 5. The highest BCUT2D eigenvalue weighted by atomic mass is 35.5. The Morgan fingerprint density at radius 2 is 0.923 bits per heavy atom. The minimum Gasteiger partial charge on any atom is -0.208 e. The van der Waals surface area contributed by atoms with Gasteiger partial charge in [0.25, 0.3) is 0 Å². The molecule has 0 N–H and O–H groups in total. The lowest BCUT2D eigenvalue weighted by Crippen LogP contribution is -2.00. The van der Waals surface area contributed by atoms with Gasteiger partial charge in [0.2, 0.25) is 0 Å². The Bertz CT molecular complexity index is 1820. The lowest BCUT2D eigenvalue weighted by atomic mass is 10.0. The van der Waals surface area contributed by atoms with E-state index in [1.54, 1.807) is 6.07 Å². The fraction of sp³-hybridized carbons (Fsp3) is 0. The molecule has 0 atom stereocenters. The Morgan fingerprint density at radius 1 is 0.436 bits per heavy atom. The minimum atomic E-state index is 0.587. The van der Waals surface area contributed by atoms with E-state index >= 15 is 0 Å². The van der Waals surface area contributed by atoms with Crippen molar-refractivity contribution in [2.45, 2.75) is 0 Å². The monoisotopic (exact) mass is 520 g/mol. The molecule has 0 aliphatic heterocycles. The number of nitriles is 1. The summed E-state index contributed by atoms with van der Waals surface area (Å²) in [6.07, 6.45) is 0. The summed E-state index contributed by atoms with van der Waals surface area (Å²) in [5.41, 5.74) is 7.37. The zero-order valence-corrected chi connectivity index (χ0v) is 21.5. The molecule has 5 heteroatoms. The first-order chi connectivity index (χ1) is 19.2. The van der Waals surface area contributed by atoms with Crippen molar-refractivity contribution >= 4 is 11.6 Å². The average Bonchev–Trinajstić information content (AvgIpc) is 3.01. The molecule has 0 fully saturated rings. The molecule has 6 rings (SSSR count). The lowest BCUT2D eigenvalue weighted by Gasteiger charge is -2.10. The van der Waals surface area contributed by atoms with Crippen LogP contribution in [0.2, 0.25) is 5.02 Å². The number of aromatic nitrogens is 3. The number of hydrogen-bond donors (Lipinski definition) is 0. The Kier molecular flexibility index (Phi) is 6.66. The van der Waals surface area contributed by atoms with E-state index in [0.717, 1.165) is 38.9 Å². The maximum atomic E-state index is 9.26. The van der Waals surface area contributed by atoms with Gasteiger partial charge in [0.1, 0.15) is 0 Å². The SMILES string of the molecule is N#Cc1cccc(-c2ccc(-c3nc(-c4ccccc4)nc(-c4cccc(-c5cccc(Cl)c5)c4)n3)cc2)c1. The number of nitrogens with zero attached hydrogens (tertiary/aromatic N) is 4. The summed E-state index contributed by atoms with van der Waals surface area (Å²) < 4.78 is 0. The fourth-order valence-electron chi connectivity index (χ4n) is 4.44. The van der Waals surface area contributed by atoms with Crippen LogP contribution in [0.1, 0.15) is 5.56 Å². The Morgan fingerprint density at radius 3 is 1.59 bits per heavy atom. The first kappa shape index (κ1) is 24.2. The molecule has 39 heavy (non-hydrogen) atoms. The third kappa shape index (κ3) is 5.31. The standard InChI is InChI=1S/C34H21ClN4/c35-31-14-6-12-29(21-31)28-11-5-13-30(20-28)34-38-32(25-8-2-1-3-9-25)37-33(39-34)26-17-15-24(16-18-26)27-10-4-7-23(19-27)22-36/h1-21H. The van der Waals surface area contributed by atoms with Crippen LogP contribution in [-0.2, 0) is 0 Å². The Balaban J connectivity index is 1.44. The predicted molar refractivity (Wildman–Crippen MR) is 157 cm³/mol. The van der Waals surface area contributed by atoms with Gasteiger partial charge in [-0.15, -0.1) is 0 Å². The van der Waals surface area contributed by atoms with Crippen LogP contribution in [0, 0.1) is 11.3 Å². The third-order valence-electron chi connectivity index (χ3n) is 6.41. The van der Waals surface area contributed by atoms with E-state index in [4.69, 9.17) is 26.6 Å². The van der Waals surface area contributed by atoms with Crippen molar-refractivity contribution in [3.63, 3.8) is 0 Å². The third-order valence-corrected chi connectivity index (χ3v) is 6.65. The van der Waals surface area contributed by atoms with Crippen molar-refractivity contribution < 1.29 is 0 Å². The van der Waals surface area contributed by atoms with Gasteiger partial charge in [-0.25, -0.2) is 15.0 Å². The van der Waals surface area contributed by atoms with Crippen LogP contribution in [0.3, 0.4) is 0 Å². The van der Waals surface area contributed by atoms with E-state index in [1.165, 1.54) is 0 Å². The normalized spacial score (nSPS) is 10.7. The summed E-state index contributed by atoms with van der Waals surface area (Å²) in [5.74, 6) is 1.78. The largest absolute Gasteiger partial charge is 0.208 e. The lowest BCUT2D eigenvalue weighted by molar-refractivity contribution is 1.07. The van der Waals surface area contributed by atoms with E-state index < -0.39 is 0 Å². The molecule has 0 aliphatic carbocycles. The van der Waals surface area contributed by atoms with Crippen LogP contribution >= 0.6 is 11.6 Å². The second-order valence-electron chi connectivity index (χ2n) is 9.03. The smallest absolute Gasteiger partial charge is 0.164 e. The second-order valence-corrected chi connectivity index (χ2v) is 9.47. The highest BCUT2D eigenvalue weighted by molar-refractivity contribution is 6.30. The van der Waals surface area contributed by atoms with Crippen LogP contribution in [0.15, 0.2) is 127 Å². The van der Waals surface area contributed by atoms with Crippen LogP contribution in [0.25, 0.3) is 56.4 Å². The number of halogens is 1. The molecule has 6 aromatic rings. The second kappa shape index (κ2) is 10.7. The quantitative estimate of drug-likeness (QED) is 0.228. The van der Waals surface area contributed by atoms with Gasteiger partial charge in [-0.2, -0.15) is 5.26 Å². The van der Waals surface area contributed by atoms with Crippen LogP contribution in [0.5, 0.6) is 0 Å². The molecule has 0 aliphatic rings. The summed E-state index contributed by atoms with van der Waals surface area (Å²) in [5, 5.41) is 9.95.